The van der Waals surface area contributed by atoms with E-state index in [-0.39, 0.29) is 41.7 Å². The van der Waals surface area contributed by atoms with Crippen LogP contribution in [0, 0.1) is 16.0 Å². The molecule has 1 aromatic carbocycles. The van der Waals surface area contributed by atoms with Crippen LogP contribution in [0.3, 0.4) is 0 Å². The molecule has 0 heterocycles. The summed E-state index contributed by atoms with van der Waals surface area (Å²) in [6, 6.07) is 2.94. The third-order valence-corrected chi connectivity index (χ3v) is 3.13. The number of carbonyl (C=O) groups is 2. The van der Waals surface area contributed by atoms with Crippen molar-refractivity contribution in [2.75, 3.05) is 21.0 Å². The molecule has 0 atom stereocenters. The molecule has 0 unspecified atom stereocenters. The smallest absolute Gasteiger partial charge is 0.408 e. The van der Waals surface area contributed by atoms with Gasteiger partial charge in [0.1, 0.15) is 0 Å². The van der Waals surface area contributed by atoms with Crippen LogP contribution in [-0.4, -0.2) is 37.7 Å². The number of hydrogen-bond acceptors (Lipinski definition) is 9. The molecule has 26 heavy (non-hydrogen) atoms. The second-order valence-corrected chi connectivity index (χ2v) is 5.54. The zero-order valence-corrected chi connectivity index (χ0v) is 15.0. The third-order valence-electron chi connectivity index (χ3n) is 3.13. The average molecular weight is 371 g/mol. The molecule has 0 fully saturated rings. The summed E-state index contributed by atoms with van der Waals surface area (Å²) >= 11 is 0. The van der Waals surface area contributed by atoms with E-state index >= 15 is 0 Å². The number of ketones is 1. The number of benzene rings is 1. The van der Waals surface area contributed by atoms with Gasteiger partial charge in [0, 0.05) is 6.42 Å². The summed E-state index contributed by atoms with van der Waals surface area (Å²) in [5.74, 6) is -1.66. The van der Waals surface area contributed by atoms with Crippen LogP contribution in [0.2, 0.25) is 0 Å². The summed E-state index contributed by atoms with van der Waals surface area (Å²) < 4.78 is 15.1. The van der Waals surface area contributed by atoms with Gasteiger partial charge < -0.3 is 14.2 Å². The minimum absolute atomic E-state index is 0.0110. The molecule has 0 saturated carbocycles. The Morgan fingerprint density at radius 1 is 1.19 bits per heavy atom. The molecular weight excluding hydrogens is 350 g/mol. The first-order chi connectivity index (χ1) is 12.3. The van der Waals surface area contributed by atoms with Crippen molar-refractivity contribution in [2.45, 2.75) is 26.9 Å². The Morgan fingerprint density at radius 3 is 2.42 bits per heavy atom. The number of methoxy groups -OCH3 is 2. The summed E-state index contributed by atoms with van der Waals surface area (Å²) in [7, 11) is 2.65. The lowest BCUT2D eigenvalue weighted by atomic mass is 10.1. The monoisotopic (exact) mass is 371 g/mol. The van der Waals surface area contributed by atoms with Gasteiger partial charge in [-0.25, -0.2) is 4.79 Å². The van der Waals surface area contributed by atoms with Gasteiger partial charge in [0.05, 0.1) is 31.3 Å². The number of ether oxygens (including phenoxy) is 3. The Morgan fingerprint density at radius 2 is 1.88 bits per heavy atom. The Kier molecular flexibility index (Phi) is 8.46. The van der Waals surface area contributed by atoms with Crippen LogP contribution in [0.1, 0.15) is 25.8 Å². The maximum atomic E-state index is 11.4. The van der Waals surface area contributed by atoms with E-state index in [1.807, 2.05) is 0 Å². The molecule has 0 spiro atoms. The zero-order chi connectivity index (χ0) is 19.7. The number of rotatable bonds is 11. The minimum atomic E-state index is -1.13. The minimum Gasteiger partial charge on any atom is -0.493 e. The van der Waals surface area contributed by atoms with E-state index in [9.17, 15) is 19.7 Å². The average Bonchev–Trinajstić information content (AvgIpc) is 2.59. The second kappa shape index (κ2) is 10.3. The highest BCUT2D eigenvalue weighted by Gasteiger charge is 2.25. The molecular formula is C16H21NO9. The Balaban J connectivity index is 2.59. The van der Waals surface area contributed by atoms with Crippen molar-refractivity contribution in [1.29, 1.82) is 0 Å². The van der Waals surface area contributed by atoms with Crippen molar-refractivity contribution < 1.29 is 38.5 Å². The van der Waals surface area contributed by atoms with Crippen molar-refractivity contribution in [2.24, 2.45) is 5.92 Å². The fourth-order valence-electron chi connectivity index (χ4n) is 2.03. The fraction of sp³-hybridized carbons (Fsp3) is 0.500. The highest BCUT2D eigenvalue weighted by Crippen LogP contribution is 2.39. The molecule has 1 aromatic rings. The molecule has 10 nitrogen and oxygen atoms in total. The zero-order valence-electron chi connectivity index (χ0n) is 15.0. The summed E-state index contributed by atoms with van der Waals surface area (Å²) in [6.07, 6.45) is 0.0425. The third kappa shape index (κ3) is 5.97. The summed E-state index contributed by atoms with van der Waals surface area (Å²) in [5, 5.41) is 11.3. The van der Waals surface area contributed by atoms with Crippen LogP contribution in [0.4, 0.5) is 5.69 Å². The lowest BCUT2D eigenvalue weighted by Crippen LogP contribution is -2.20. The molecule has 1 rings (SSSR count). The van der Waals surface area contributed by atoms with Crippen molar-refractivity contribution >= 4 is 17.4 Å². The summed E-state index contributed by atoms with van der Waals surface area (Å²) in [4.78, 5) is 42.2. The van der Waals surface area contributed by atoms with Crippen LogP contribution in [-0.2, 0) is 30.7 Å². The van der Waals surface area contributed by atoms with Crippen molar-refractivity contribution in [3.05, 3.63) is 27.8 Å². The Bertz CT molecular complexity index is 657. The highest BCUT2D eigenvalue weighted by atomic mass is 17.2. The van der Waals surface area contributed by atoms with Crippen molar-refractivity contribution in [3.63, 3.8) is 0 Å². The molecule has 0 radical (unpaired) electrons. The molecule has 0 aliphatic carbocycles. The van der Waals surface area contributed by atoms with Gasteiger partial charge in [0.25, 0.3) is 0 Å². The molecule has 0 amide bonds. The van der Waals surface area contributed by atoms with Crippen LogP contribution in [0.5, 0.6) is 11.5 Å². The quantitative estimate of drug-likeness (QED) is 0.144. The maximum absolute atomic E-state index is 11.4. The standard InChI is InChI=1S/C16H21NO9/c1-10(2)7-12(18)16(19)26-25-9-24-8-11-5-6-13(22-3)15(23-4)14(11)17(20)21/h5-6,10H,7-9H2,1-4H3. The first-order valence-corrected chi connectivity index (χ1v) is 7.64. The van der Waals surface area contributed by atoms with Gasteiger partial charge in [-0.15, -0.1) is 0 Å². The van der Waals surface area contributed by atoms with Gasteiger partial charge in [0.2, 0.25) is 11.5 Å². The number of nitrogens with zero attached hydrogens (tertiary/aromatic N) is 1. The molecule has 0 N–H and O–H groups in total. The van der Waals surface area contributed by atoms with Gasteiger partial charge in [0.15, 0.2) is 12.5 Å². The second-order valence-electron chi connectivity index (χ2n) is 5.54. The van der Waals surface area contributed by atoms with Gasteiger partial charge >= 0.3 is 11.7 Å². The van der Waals surface area contributed by atoms with E-state index < -0.39 is 23.5 Å². The predicted octanol–water partition coefficient (Wildman–Crippen LogP) is 2.18. The highest BCUT2D eigenvalue weighted by molar-refractivity contribution is 6.33. The lowest BCUT2D eigenvalue weighted by Gasteiger charge is -2.11. The number of nitro benzene ring substituents is 1. The molecule has 0 saturated heterocycles. The first-order valence-electron chi connectivity index (χ1n) is 7.64. The van der Waals surface area contributed by atoms with Crippen LogP contribution < -0.4 is 9.47 Å². The molecule has 0 aromatic heterocycles. The molecule has 0 bridgehead atoms. The van der Waals surface area contributed by atoms with Gasteiger partial charge in [-0.2, -0.15) is 4.89 Å². The lowest BCUT2D eigenvalue weighted by molar-refractivity contribution is -0.387. The van der Waals surface area contributed by atoms with Gasteiger partial charge in [-0.3, -0.25) is 19.8 Å². The summed E-state index contributed by atoms with van der Waals surface area (Å²) in [6.45, 7) is 2.84. The van der Waals surface area contributed by atoms with E-state index in [0.29, 0.717) is 0 Å². The van der Waals surface area contributed by atoms with Crippen molar-refractivity contribution in [3.8, 4) is 11.5 Å². The van der Waals surface area contributed by atoms with E-state index in [0.717, 1.165) is 0 Å². The Hall–Kier alpha value is -2.72. The van der Waals surface area contributed by atoms with Crippen LogP contribution in [0.25, 0.3) is 0 Å². The number of hydrogen-bond donors (Lipinski definition) is 0. The number of nitro groups is 1. The van der Waals surface area contributed by atoms with Gasteiger partial charge in [-0.1, -0.05) is 13.8 Å². The first kappa shape index (κ1) is 21.3. The number of Topliss-reactive ketones (excluding diaryl/α,β-unsaturated/α-hetero) is 1. The summed E-state index contributed by atoms with van der Waals surface area (Å²) in [5.41, 5.74) is -0.102. The largest absolute Gasteiger partial charge is 0.493 e. The topological polar surface area (TPSA) is 123 Å². The molecule has 0 aliphatic rings. The fourth-order valence-corrected chi connectivity index (χ4v) is 2.03. The molecule has 10 heteroatoms. The molecule has 0 aliphatic heterocycles. The van der Waals surface area contributed by atoms with Crippen LogP contribution >= 0.6 is 0 Å². The van der Waals surface area contributed by atoms with E-state index in [4.69, 9.17) is 14.2 Å². The van der Waals surface area contributed by atoms with Crippen LogP contribution in [0.15, 0.2) is 12.1 Å². The van der Waals surface area contributed by atoms with Crippen molar-refractivity contribution in [1.82, 2.24) is 0 Å². The normalized spacial score (nSPS) is 10.5. The maximum Gasteiger partial charge on any atom is 0.408 e. The predicted molar refractivity (Wildman–Crippen MR) is 87.5 cm³/mol. The van der Waals surface area contributed by atoms with E-state index in [1.54, 1.807) is 13.8 Å². The van der Waals surface area contributed by atoms with E-state index in [1.165, 1.54) is 26.4 Å². The molecule has 144 valence electrons. The Labute approximate surface area is 150 Å². The van der Waals surface area contributed by atoms with Gasteiger partial charge in [-0.05, 0) is 18.1 Å². The van der Waals surface area contributed by atoms with E-state index in [2.05, 4.69) is 9.78 Å². The number of carbonyl (C=O) groups excluding carboxylic acids is 2. The SMILES string of the molecule is COc1ccc(COCOOC(=O)C(=O)CC(C)C)c([N+](=O)[O-])c1OC.